The lowest BCUT2D eigenvalue weighted by molar-refractivity contribution is -0.304. The summed E-state index contributed by atoms with van der Waals surface area (Å²) < 4.78 is 5.00. The number of hydrazone groups is 1. The topological polar surface area (TPSA) is 90.8 Å². The number of ether oxygens (including phenoxy) is 1. The largest absolute Gasteiger partial charge is 0.550 e. The lowest BCUT2D eigenvalue weighted by Crippen LogP contribution is -2.30. The van der Waals surface area contributed by atoms with E-state index in [1.165, 1.54) is 13.3 Å². The van der Waals surface area contributed by atoms with E-state index in [1.807, 2.05) is 0 Å². The average molecular weight is 235 g/mol. The van der Waals surface area contributed by atoms with E-state index >= 15 is 0 Å². The number of benzene rings is 1. The van der Waals surface area contributed by atoms with Crippen molar-refractivity contribution in [2.24, 2.45) is 5.10 Å². The number of carbonyl (C=O) groups excluding carboxylic acids is 2. The first-order chi connectivity index (χ1) is 8.11. The number of carboxylic acids is 1. The molecule has 17 heavy (non-hydrogen) atoms. The first-order valence-corrected chi connectivity index (χ1v) is 4.77. The highest BCUT2D eigenvalue weighted by Gasteiger charge is 1.98. The summed E-state index contributed by atoms with van der Waals surface area (Å²) in [5, 5.41) is 13.7. The van der Waals surface area contributed by atoms with E-state index in [0.717, 1.165) is 5.56 Å². The van der Waals surface area contributed by atoms with E-state index in [1.54, 1.807) is 24.3 Å². The van der Waals surface area contributed by atoms with E-state index < -0.39 is 18.3 Å². The molecule has 1 N–H and O–H groups in total. The molecule has 0 aromatic heterocycles. The van der Waals surface area contributed by atoms with Crippen LogP contribution in [0.4, 0.5) is 0 Å². The van der Waals surface area contributed by atoms with Gasteiger partial charge >= 0.3 is 0 Å². The fraction of sp³-hybridized carbons (Fsp3) is 0.182. The zero-order valence-corrected chi connectivity index (χ0v) is 9.17. The average Bonchev–Trinajstić information content (AvgIpc) is 2.28. The first-order valence-electron chi connectivity index (χ1n) is 4.77. The van der Waals surface area contributed by atoms with Gasteiger partial charge in [0, 0.05) is 0 Å². The molecule has 0 unspecified atom stereocenters. The summed E-state index contributed by atoms with van der Waals surface area (Å²) in [6.45, 7) is 0. The van der Waals surface area contributed by atoms with Crippen molar-refractivity contribution in [2.75, 3.05) is 7.11 Å². The summed E-state index contributed by atoms with van der Waals surface area (Å²) in [4.78, 5) is 21.0. The fourth-order valence-electron chi connectivity index (χ4n) is 1.07. The standard InChI is InChI=1S/C11H12N2O4/c1-17-9-4-2-3-8(5-9)7-12-13-10(14)6-11(15)16/h2-5,7H,6H2,1H3,(H,13,14)(H,15,16)/p-1/b12-7-. The smallest absolute Gasteiger partial charge is 0.245 e. The van der Waals surface area contributed by atoms with Gasteiger partial charge in [0.2, 0.25) is 5.91 Å². The Morgan fingerprint density at radius 2 is 2.29 bits per heavy atom. The number of amides is 1. The molecule has 0 bridgehead atoms. The van der Waals surface area contributed by atoms with Gasteiger partial charge in [-0.3, -0.25) is 4.79 Å². The lowest BCUT2D eigenvalue weighted by atomic mass is 10.2. The monoisotopic (exact) mass is 235 g/mol. The Kier molecular flexibility index (Phi) is 4.68. The molecule has 0 saturated carbocycles. The van der Waals surface area contributed by atoms with Crippen molar-refractivity contribution in [3.05, 3.63) is 29.8 Å². The van der Waals surface area contributed by atoms with Crippen LogP contribution in [0.15, 0.2) is 29.4 Å². The summed E-state index contributed by atoms with van der Waals surface area (Å²) in [6, 6.07) is 7.01. The van der Waals surface area contributed by atoms with Crippen LogP contribution >= 0.6 is 0 Å². The van der Waals surface area contributed by atoms with E-state index in [0.29, 0.717) is 5.75 Å². The van der Waals surface area contributed by atoms with E-state index in [4.69, 9.17) is 4.74 Å². The molecule has 0 heterocycles. The molecule has 0 aliphatic carbocycles. The number of hydrogen-bond donors (Lipinski definition) is 1. The van der Waals surface area contributed by atoms with Gasteiger partial charge in [-0.15, -0.1) is 0 Å². The van der Waals surface area contributed by atoms with Crippen molar-refractivity contribution < 1.29 is 19.4 Å². The van der Waals surface area contributed by atoms with Crippen molar-refractivity contribution in [1.82, 2.24) is 5.43 Å². The Hall–Kier alpha value is -2.37. The second-order valence-electron chi connectivity index (χ2n) is 3.12. The summed E-state index contributed by atoms with van der Waals surface area (Å²) in [5.74, 6) is -1.52. The third-order valence-electron chi connectivity index (χ3n) is 1.80. The number of carbonyl (C=O) groups is 2. The number of aliphatic carboxylic acids is 1. The van der Waals surface area contributed by atoms with Gasteiger partial charge in [0.15, 0.2) is 0 Å². The quantitative estimate of drug-likeness (QED) is 0.414. The minimum atomic E-state index is -1.45. The minimum Gasteiger partial charge on any atom is -0.550 e. The van der Waals surface area contributed by atoms with Gasteiger partial charge < -0.3 is 14.6 Å². The van der Waals surface area contributed by atoms with Crippen molar-refractivity contribution >= 4 is 18.1 Å². The Labute approximate surface area is 97.9 Å². The predicted octanol–water partition coefficient (Wildman–Crippen LogP) is -0.715. The van der Waals surface area contributed by atoms with Crippen molar-refractivity contribution in [2.45, 2.75) is 6.42 Å². The molecule has 6 heteroatoms. The number of carboxylic acid groups (broad SMARTS) is 1. The van der Waals surface area contributed by atoms with E-state index in [9.17, 15) is 14.7 Å². The molecule has 0 aliphatic rings. The number of hydrogen-bond acceptors (Lipinski definition) is 5. The normalized spacial score (nSPS) is 10.2. The van der Waals surface area contributed by atoms with E-state index in [2.05, 4.69) is 10.5 Å². The van der Waals surface area contributed by atoms with Gasteiger partial charge in [-0.1, -0.05) is 12.1 Å². The molecule has 90 valence electrons. The summed E-state index contributed by atoms with van der Waals surface area (Å²) >= 11 is 0. The minimum absolute atomic E-state index is 0.662. The van der Waals surface area contributed by atoms with E-state index in [-0.39, 0.29) is 0 Å². The molecule has 0 atom stereocenters. The van der Waals surface area contributed by atoms with Crippen LogP contribution in [-0.4, -0.2) is 25.2 Å². The zero-order valence-electron chi connectivity index (χ0n) is 9.17. The van der Waals surface area contributed by atoms with Crippen LogP contribution in [0.2, 0.25) is 0 Å². The van der Waals surface area contributed by atoms with Crippen molar-refractivity contribution in [3.63, 3.8) is 0 Å². The number of nitrogens with zero attached hydrogens (tertiary/aromatic N) is 1. The number of nitrogens with one attached hydrogen (secondary N) is 1. The molecule has 0 radical (unpaired) electrons. The van der Waals surface area contributed by atoms with Crippen molar-refractivity contribution in [1.29, 1.82) is 0 Å². The van der Waals surface area contributed by atoms with Crippen LogP contribution in [0.1, 0.15) is 12.0 Å². The molecule has 0 aliphatic heterocycles. The summed E-state index contributed by atoms with van der Waals surface area (Å²) in [5.41, 5.74) is 2.79. The molecule has 6 nitrogen and oxygen atoms in total. The van der Waals surface area contributed by atoms with Crippen LogP contribution in [0.5, 0.6) is 5.75 Å². The Morgan fingerprint density at radius 1 is 1.53 bits per heavy atom. The van der Waals surface area contributed by atoms with Crippen LogP contribution < -0.4 is 15.3 Å². The number of methoxy groups -OCH3 is 1. The maximum Gasteiger partial charge on any atom is 0.245 e. The van der Waals surface area contributed by atoms with Gasteiger partial charge in [0.1, 0.15) is 5.75 Å². The Bertz CT molecular complexity index is 443. The molecule has 0 fully saturated rings. The summed E-state index contributed by atoms with van der Waals surface area (Å²) in [6.07, 6.45) is 0.672. The van der Waals surface area contributed by atoms with Crippen LogP contribution in [0, 0.1) is 0 Å². The van der Waals surface area contributed by atoms with Gasteiger partial charge in [0.05, 0.1) is 25.7 Å². The van der Waals surface area contributed by atoms with Gasteiger partial charge in [-0.05, 0) is 17.7 Å². The third kappa shape index (κ3) is 4.78. The molecule has 1 aromatic rings. The highest BCUT2D eigenvalue weighted by molar-refractivity contribution is 5.93. The van der Waals surface area contributed by atoms with Crippen LogP contribution in [0.3, 0.4) is 0 Å². The fourth-order valence-corrected chi connectivity index (χ4v) is 1.07. The molecular formula is C11H11N2O4-. The molecule has 1 aromatic carbocycles. The molecule has 1 rings (SSSR count). The SMILES string of the molecule is COc1cccc(/C=N\NC(=O)CC(=O)[O-])c1. The molecule has 0 saturated heterocycles. The first kappa shape index (κ1) is 12.7. The van der Waals surface area contributed by atoms with Crippen LogP contribution in [-0.2, 0) is 9.59 Å². The Morgan fingerprint density at radius 3 is 2.94 bits per heavy atom. The van der Waals surface area contributed by atoms with Gasteiger partial charge in [0.25, 0.3) is 0 Å². The maximum atomic E-state index is 10.9. The predicted molar refractivity (Wildman–Crippen MR) is 58.4 cm³/mol. The zero-order chi connectivity index (χ0) is 12.7. The van der Waals surface area contributed by atoms with Gasteiger partial charge in [-0.25, -0.2) is 5.43 Å². The highest BCUT2D eigenvalue weighted by Crippen LogP contribution is 2.10. The third-order valence-corrected chi connectivity index (χ3v) is 1.80. The second kappa shape index (κ2) is 6.26. The lowest BCUT2D eigenvalue weighted by Gasteiger charge is -2.01. The van der Waals surface area contributed by atoms with Crippen LogP contribution in [0.25, 0.3) is 0 Å². The maximum absolute atomic E-state index is 10.9. The second-order valence-corrected chi connectivity index (χ2v) is 3.12. The van der Waals surface area contributed by atoms with Gasteiger partial charge in [-0.2, -0.15) is 5.10 Å². The summed E-state index contributed by atoms with van der Waals surface area (Å²) in [7, 11) is 1.54. The molecule has 1 amide bonds. The highest BCUT2D eigenvalue weighted by atomic mass is 16.5. The Balaban J connectivity index is 2.53. The molecular weight excluding hydrogens is 224 g/mol. The molecule has 0 spiro atoms. The van der Waals surface area contributed by atoms with Crippen molar-refractivity contribution in [3.8, 4) is 5.75 Å². The number of rotatable bonds is 5.